The van der Waals surface area contributed by atoms with Crippen LogP contribution in [0.2, 0.25) is 0 Å². The van der Waals surface area contributed by atoms with Crippen LogP contribution in [0.3, 0.4) is 0 Å². The molecule has 0 bridgehead atoms. The van der Waals surface area contributed by atoms with Crippen molar-refractivity contribution in [1.82, 2.24) is 0 Å². The molecule has 0 radical (unpaired) electrons. The highest BCUT2D eigenvalue weighted by molar-refractivity contribution is 6.09. The van der Waals surface area contributed by atoms with Crippen LogP contribution in [0.5, 0.6) is 0 Å². The molecule has 0 aromatic heterocycles. The zero-order valence-electron chi connectivity index (χ0n) is 15.2. The second-order valence-corrected chi connectivity index (χ2v) is 6.45. The molecule has 3 aromatic rings. The van der Waals surface area contributed by atoms with E-state index in [0.29, 0.717) is 6.07 Å². The van der Waals surface area contributed by atoms with Crippen LogP contribution in [-0.4, -0.2) is 17.0 Å². The molecular weight excluding hydrogens is 383 g/mol. The number of hydrogen-bond acceptors (Lipinski definition) is 2. The van der Waals surface area contributed by atoms with Gasteiger partial charge >= 0.3 is 12.1 Å². The van der Waals surface area contributed by atoms with E-state index >= 15 is 0 Å². The highest BCUT2D eigenvalue weighted by Gasteiger charge is 2.32. The third-order valence-electron chi connectivity index (χ3n) is 4.34. The average molecular weight is 399 g/mol. The minimum absolute atomic E-state index is 0.207. The quantitative estimate of drug-likeness (QED) is 0.562. The summed E-state index contributed by atoms with van der Waals surface area (Å²) < 4.78 is 38.5. The van der Waals surface area contributed by atoms with Gasteiger partial charge in [0.1, 0.15) is 0 Å². The van der Waals surface area contributed by atoms with E-state index in [9.17, 15) is 27.9 Å². The minimum Gasteiger partial charge on any atom is -0.478 e. The van der Waals surface area contributed by atoms with Gasteiger partial charge in [0.05, 0.1) is 16.8 Å². The van der Waals surface area contributed by atoms with Crippen molar-refractivity contribution in [1.29, 1.82) is 0 Å². The Bertz CT molecular complexity index is 1130. The van der Waals surface area contributed by atoms with Crippen LogP contribution in [0.1, 0.15) is 28.4 Å². The van der Waals surface area contributed by atoms with Crippen molar-refractivity contribution in [2.45, 2.75) is 13.1 Å². The number of carboxylic acids is 1. The van der Waals surface area contributed by atoms with Crippen LogP contribution in [0.15, 0.2) is 66.2 Å². The van der Waals surface area contributed by atoms with Crippen molar-refractivity contribution < 1.29 is 27.9 Å². The Morgan fingerprint density at radius 1 is 0.966 bits per heavy atom. The predicted octanol–water partition coefficient (Wildman–Crippen LogP) is 5.60. The van der Waals surface area contributed by atoms with Gasteiger partial charge in [0, 0.05) is 5.57 Å². The fraction of sp³-hybridized carbons (Fsp3) is 0.0909. The van der Waals surface area contributed by atoms with Gasteiger partial charge in [0.2, 0.25) is 0 Å². The van der Waals surface area contributed by atoms with Crippen molar-refractivity contribution in [3.8, 4) is 0 Å². The molecular formula is C22H16F3NO3. The Kier molecular flexibility index (Phi) is 5.41. The van der Waals surface area contributed by atoms with Gasteiger partial charge in [0.25, 0.3) is 5.91 Å². The van der Waals surface area contributed by atoms with Crippen molar-refractivity contribution in [3.05, 3.63) is 82.9 Å². The van der Waals surface area contributed by atoms with Gasteiger partial charge in [-0.05, 0) is 53.6 Å². The lowest BCUT2D eigenvalue weighted by Crippen LogP contribution is -2.16. The molecule has 0 saturated heterocycles. The van der Waals surface area contributed by atoms with Crippen LogP contribution in [-0.2, 0) is 11.0 Å². The highest BCUT2D eigenvalue weighted by Crippen LogP contribution is 2.32. The SMILES string of the molecule is C/C(=C\c1ccc2ccccc2c1)C(=O)Nc1ccc(C(F)(F)F)cc1C(=O)O. The molecule has 29 heavy (non-hydrogen) atoms. The predicted molar refractivity (Wildman–Crippen MR) is 105 cm³/mol. The zero-order chi connectivity index (χ0) is 21.2. The molecule has 0 unspecified atom stereocenters. The van der Waals surface area contributed by atoms with E-state index in [0.717, 1.165) is 28.5 Å². The van der Waals surface area contributed by atoms with E-state index in [1.165, 1.54) is 6.92 Å². The zero-order valence-corrected chi connectivity index (χ0v) is 15.2. The fourth-order valence-corrected chi connectivity index (χ4v) is 2.84. The van der Waals surface area contributed by atoms with Crippen LogP contribution in [0.25, 0.3) is 16.8 Å². The summed E-state index contributed by atoms with van der Waals surface area (Å²) in [7, 11) is 0. The van der Waals surface area contributed by atoms with Crippen LogP contribution in [0.4, 0.5) is 18.9 Å². The number of amides is 1. The lowest BCUT2D eigenvalue weighted by molar-refractivity contribution is -0.137. The van der Waals surface area contributed by atoms with Crippen LogP contribution >= 0.6 is 0 Å². The first-order chi connectivity index (χ1) is 13.6. The van der Waals surface area contributed by atoms with E-state index in [-0.39, 0.29) is 11.3 Å². The molecule has 3 aromatic carbocycles. The number of rotatable bonds is 4. The van der Waals surface area contributed by atoms with Crippen LogP contribution in [0, 0.1) is 0 Å². The van der Waals surface area contributed by atoms with Crippen molar-refractivity contribution in [2.24, 2.45) is 0 Å². The van der Waals surface area contributed by atoms with Crippen molar-refractivity contribution >= 4 is 34.4 Å². The first kappa shape index (κ1) is 20.1. The highest BCUT2D eigenvalue weighted by atomic mass is 19.4. The number of nitrogens with one attached hydrogen (secondary N) is 1. The van der Waals surface area contributed by atoms with Gasteiger partial charge in [-0.1, -0.05) is 36.4 Å². The lowest BCUT2D eigenvalue weighted by atomic mass is 10.0. The topological polar surface area (TPSA) is 66.4 Å². The standard InChI is InChI=1S/C22H16F3NO3/c1-13(10-14-6-7-15-4-2-3-5-16(15)11-14)20(27)26-19-9-8-17(22(23,24)25)12-18(19)21(28)29/h2-12H,1H3,(H,26,27)(H,28,29)/b13-10+. The summed E-state index contributed by atoms with van der Waals surface area (Å²) in [6, 6.07) is 15.5. The molecule has 0 spiro atoms. The van der Waals surface area contributed by atoms with Gasteiger partial charge in [-0.2, -0.15) is 13.2 Å². The number of carbonyl (C=O) groups excluding carboxylic acids is 1. The third-order valence-corrected chi connectivity index (χ3v) is 4.34. The van der Waals surface area contributed by atoms with E-state index < -0.39 is 29.2 Å². The molecule has 148 valence electrons. The normalized spacial score (nSPS) is 12.1. The largest absolute Gasteiger partial charge is 0.478 e. The van der Waals surface area contributed by atoms with Crippen molar-refractivity contribution in [3.63, 3.8) is 0 Å². The molecule has 7 heteroatoms. The first-order valence-electron chi connectivity index (χ1n) is 8.58. The molecule has 0 aliphatic rings. The summed E-state index contributed by atoms with van der Waals surface area (Å²) in [5.74, 6) is -2.18. The Labute approximate surface area is 164 Å². The number of halogens is 3. The number of carboxylic acid groups (broad SMARTS) is 1. The van der Waals surface area contributed by atoms with E-state index in [2.05, 4.69) is 5.32 Å². The Morgan fingerprint density at radius 2 is 1.66 bits per heavy atom. The molecule has 0 atom stereocenters. The monoisotopic (exact) mass is 399 g/mol. The Balaban J connectivity index is 1.86. The number of anilines is 1. The summed E-state index contributed by atoms with van der Waals surface area (Å²) in [5.41, 5.74) is -0.900. The lowest BCUT2D eigenvalue weighted by Gasteiger charge is -2.12. The molecule has 0 aliphatic carbocycles. The summed E-state index contributed by atoms with van der Waals surface area (Å²) in [6.07, 6.45) is -3.06. The van der Waals surface area contributed by atoms with E-state index in [1.807, 2.05) is 42.5 Å². The molecule has 3 rings (SSSR count). The number of alkyl halides is 3. The number of hydrogen-bond donors (Lipinski definition) is 2. The average Bonchev–Trinajstić information content (AvgIpc) is 2.67. The number of fused-ring (bicyclic) bond motifs is 1. The Hall–Kier alpha value is -3.61. The van der Waals surface area contributed by atoms with Gasteiger partial charge in [-0.15, -0.1) is 0 Å². The maximum atomic E-state index is 12.8. The molecule has 2 N–H and O–H groups in total. The summed E-state index contributed by atoms with van der Waals surface area (Å²) >= 11 is 0. The van der Waals surface area contributed by atoms with Crippen molar-refractivity contribution in [2.75, 3.05) is 5.32 Å². The molecule has 0 fully saturated rings. The van der Waals surface area contributed by atoms with E-state index in [1.54, 1.807) is 6.08 Å². The molecule has 4 nitrogen and oxygen atoms in total. The molecule has 0 saturated carbocycles. The summed E-state index contributed by atoms with van der Waals surface area (Å²) in [6.45, 7) is 1.54. The Morgan fingerprint density at radius 3 is 2.31 bits per heavy atom. The number of carbonyl (C=O) groups is 2. The second-order valence-electron chi connectivity index (χ2n) is 6.45. The molecule has 0 heterocycles. The van der Waals surface area contributed by atoms with Gasteiger partial charge in [0.15, 0.2) is 0 Å². The summed E-state index contributed by atoms with van der Waals surface area (Å²) in [4.78, 5) is 23.8. The molecule has 0 aliphatic heterocycles. The van der Waals surface area contributed by atoms with E-state index in [4.69, 9.17) is 0 Å². The number of aromatic carboxylic acids is 1. The number of benzene rings is 3. The first-order valence-corrected chi connectivity index (χ1v) is 8.58. The maximum Gasteiger partial charge on any atom is 0.416 e. The smallest absolute Gasteiger partial charge is 0.416 e. The van der Waals surface area contributed by atoms with Gasteiger partial charge < -0.3 is 10.4 Å². The van der Waals surface area contributed by atoms with Gasteiger partial charge in [-0.25, -0.2) is 4.79 Å². The third kappa shape index (κ3) is 4.63. The minimum atomic E-state index is -4.68. The molecule has 1 amide bonds. The second kappa shape index (κ2) is 7.79. The van der Waals surface area contributed by atoms with Gasteiger partial charge in [-0.3, -0.25) is 4.79 Å². The summed E-state index contributed by atoms with van der Waals surface area (Å²) in [5, 5.41) is 13.6. The fourth-order valence-electron chi connectivity index (χ4n) is 2.84. The van der Waals surface area contributed by atoms with Crippen LogP contribution < -0.4 is 5.32 Å². The maximum absolute atomic E-state index is 12.8.